The minimum Gasteiger partial charge on any atom is -0.339 e. The Kier molecular flexibility index (Phi) is 10.7. The summed E-state index contributed by atoms with van der Waals surface area (Å²) in [6.45, 7) is 2.27. The van der Waals surface area contributed by atoms with Crippen molar-refractivity contribution in [1.29, 1.82) is 0 Å². The third-order valence-electron chi connectivity index (χ3n) is 6.04. The minimum atomic E-state index is 0. The normalized spacial score (nSPS) is 19.1. The summed E-state index contributed by atoms with van der Waals surface area (Å²) in [5, 5.41) is 4.21. The molecule has 2 atom stereocenters. The van der Waals surface area contributed by atoms with E-state index in [9.17, 15) is 0 Å². The van der Waals surface area contributed by atoms with Crippen molar-refractivity contribution in [3.05, 3.63) is 35.7 Å². The van der Waals surface area contributed by atoms with Gasteiger partial charge in [-0.25, -0.2) is 0 Å². The van der Waals surface area contributed by atoms with Gasteiger partial charge in [-0.15, -0.1) is 12.4 Å². The van der Waals surface area contributed by atoms with Crippen LogP contribution in [0.3, 0.4) is 0 Å². The topological polar surface area (TPSA) is 64.9 Å². The summed E-state index contributed by atoms with van der Waals surface area (Å²) in [4.78, 5) is 4.65. The zero-order valence-electron chi connectivity index (χ0n) is 17.9. The summed E-state index contributed by atoms with van der Waals surface area (Å²) >= 11 is 0. The van der Waals surface area contributed by atoms with Crippen LogP contribution in [-0.2, 0) is 6.42 Å². The first-order chi connectivity index (χ1) is 13.8. The van der Waals surface area contributed by atoms with Gasteiger partial charge in [0.05, 0.1) is 0 Å². The van der Waals surface area contributed by atoms with Crippen molar-refractivity contribution in [2.24, 2.45) is 5.73 Å². The summed E-state index contributed by atoms with van der Waals surface area (Å²) < 4.78 is 5.55. The predicted molar refractivity (Wildman–Crippen MR) is 122 cm³/mol. The van der Waals surface area contributed by atoms with Crippen molar-refractivity contribution in [1.82, 2.24) is 10.1 Å². The van der Waals surface area contributed by atoms with Gasteiger partial charge in [0.2, 0.25) is 11.7 Å². The molecule has 162 valence electrons. The van der Waals surface area contributed by atoms with Crippen molar-refractivity contribution in [3.8, 4) is 11.4 Å². The number of halogens is 1. The minimum absolute atomic E-state index is 0. The van der Waals surface area contributed by atoms with E-state index >= 15 is 0 Å². The van der Waals surface area contributed by atoms with E-state index < -0.39 is 0 Å². The zero-order valence-corrected chi connectivity index (χ0v) is 18.8. The molecular formula is C24H38ClN3O. The summed E-state index contributed by atoms with van der Waals surface area (Å²) in [5.74, 6) is 1.78. The molecule has 0 aliphatic heterocycles. The van der Waals surface area contributed by atoms with Crippen LogP contribution >= 0.6 is 12.4 Å². The van der Waals surface area contributed by atoms with Crippen molar-refractivity contribution < 1.29 is 4.52 Å². The first-order valence-corrected chi connectivity index (χ1v) is 11.4. The maximum absolute atomic E-state index is 6.09. The number of hydrogen-bond acceptors (Lipinski definition) is 4. The largest absolute Gasteiger partial charge is 0.339 e. The van der Waals surface area contributed by atoms with Crippen LogP contribution in [0.5, 0.6) is 0 Å². The van der Waals surface area contributed by atoms with Gasteiger partial charge < -0.3 is 10.3 Å². The van der Waals surface area contributed by atoms with Crippen molar-refractivity contribution in [3.63, 3.8) is 0 Å². The van der Waals surface area contributed by atoms with Crippen molar-refractivity contribution in [2.75, 3.05) is 0 Å². The van der Waals surface area contributed by atoms with Gasteiger partial charge in [0, 0.05) is 17.5 Å². The van der Waals surface area contributed by atoms with E-state index in [1.165, 1.54) is 56.9 Å². The third kappa shape index (κ3) is 7.75. The van der Waals surface area contributed by atoms with Crippen molar-refractivity contribution >= 4 is 12.4 Å². The fourth-order valence-corrected chi connectivity index (χ4v) is 4.25. The molecule has 2 aromatic rings. The number of benzene rings is 1. The smallest absolute Gasteiger partial charge is 0.230 e. The second-order valence-electron chi connectivity index (χ2n) is 8.50. The lowest BCUT2D eigenvalue weighted by molar-refractivity contribution is 0.299. The van der Waals surface area contributed by atoms with Crippen molar-refractivity contribution in [2.45, 2.75) is 102 Å². The van der Waals surface area contributed by atoms with E-state index in [2.05, 4.69) is 41.3 Å². The molecule has 0 saturated heterocycles. The lowest BCUT2D eigenvalue weighted by Gasteiger charge is -2.23. The highest BCUT2D eigenvalue weighted by Gasteiger charge is 2.25. The van der Waals surface area contributed by atoms with Crippen LogP contribution in [0.25, 0.3) is 11.4 Å². The Hall–Kier alpha value is -1.39. The zero-order chi connectivity index (χ0) is 19.6. The Labute approximate surface area is 182 Å². The molecule has 1 fully saturated rings. The first kappa shape index (κ1) is 23.9. The Morgan fingerprint density at radius 1 is 0.966 bits per heavy atom. The molecule has 0 unspecified atom stereocenters. The summed E-state index contributed by atoms with van der Waals surface area (Å²) in [6.07, 6.45) is 16.4. The molecule has 1 aromatic heterocycles. The molecule has 0 radical (unpaired) electrons. The van der Waals surface area contributed by atoms with Gasteiger partial charge in [-0.3, -0.25) is 0 Å². The maximum atomic E-state index is 6.09. The summed E-state index contributed by atoms with van der Waals surface area (Å²) in [7, 11) is 0. The first-order valence-electron chi connectivity index (χ1n) is 11.4. The lowest BCUT2D eigenvalue weighted by Crippen LogP contribution is -2.26. The molecule has 0 amide bonds. The second kappa shape index (κ2) is 13.0. The van der Waals surface area contributed by atoms with E-state index in [1.54, 1.807) is 0 Å². The fraction of sp³-hybridized carbons (Fsp3) is 0.667. The van der Waals surface area contributed by atoms with Crippen LogP contribution in [0.4, 0.5) is 0 Å². The van der Waals surface area contributed by atoms with E-state index in [1.807, 2.05) is 0 Å². The van der Waals surface area contributed by atoms with Gasteiger partial charge in [-0.05, 0) is 37.7 Å². The number of nitrogens with two attached hydrogens (primary N) is 1. The predicted octanol–water partition coefficient (Wildman–Crippen LogP) is 6.83. The number of rotatable bonds is 11. The average Bonchev–Trinajstić information content (AvgIpc) is 3.21. The van der Waals surface area contributed by atoms with Crippen LogP contribution in [0.2, 0.25) is 0 Å². The quantitative estimate of drug-likeness (QED) is 0.405. The van der Waals surface area contributed by atoms with E-state index in [4.69, 9.17) is 10.3 Å². The number of unbranched alkanes of at least 4 members (excludes halogenated alkanes) is 7. The molecule has 0 bridgehead atoms. The molecule has 2 N–H and O–H groups in total. The molecule has 0 spiro atoms. The number of aromatic nitrogens is 2. The molecule has 5 heteroatoms. The van der Waals surface area contributed by atoms with Crippen LogP contribution in [-0.4, -0.2) is 16.2 Å². The van der Waals surface area contributed by atoms with E-state index in [0.29, 0.717) is 11.7 Å². The molecule has 3 rings (SSSR count). The number of aryl methyl sites for hydroxylation is 1. The van der Waals surface area contributed by atoms with E-state index in [-0.39, 0.29) is 18.4 Å². The molecule has 1 saturated carbocycles. The van der Waals surface area contributed by atoms with Crippen LogP contribution < -0.4 is 5.73 Å². The highest BCUT2D eigenvalue weighted by Crippen LogP contribution is 2.32. The van der Waals surface area contributed by atoms with Crippen LogP contribution in [0.1, 0.15) is 101 Å². The van der Waals surface area contributed by atoms with Gasteiger partial charge in [-0.1, -0.05) is 87.7 Å². The van der Waals surface area contributed by atoms with Crippen LogP contribution in [0, 0.1) is 0 Å². The van der Waals surface area contributed by atoms with Gasteiger partial charge >= 0.3 is 0 Å². The standard InChI is InChI=1S/C24H37N3O.ClH/c1-2-3-4-5-6-7-8-9-11-19-14-16-20(17-15-19)23-26-24(28-27-23)21-12-10-13-22(25)18-21;/h14-17,21-22H,2-13,18,25H2,1H3;1H/t21-,22-;/m0./s1. The summed E-state index contributed by atoms with van der Waals surface area (Å²) in [5.41, 5.74) is 8.53. The Bertz CT molecular complexity index is 686. The Morgan fingerprint density at radius 3 is 2.34 bits per heavy atom. The molecule has 4 nitrogen and oxygen atoms in total. The van der Waals surface area contributed by atoms with Gasteiger partial charge in [0.15, 0.2) is 0 Å². The molecule has 1 aliphatic rings. The second-order valence-corrected chi connectivity index (χ2v) is 8.50. The molecule has 29 heavy (non-hydrogen) atoms. The molecule has 1 aliphatic carbocycles. The number of hydrogen-bond donors (Lipinski definition) is 1. The fourth-order valence-electron chi connectivity index (χ4n) is 4.25. The monoisotopic (exact) mass is 419 g/mol. The Balaban J connectivity index is 0.00000300. The SMILES string of the molecule is CCCCCCCCCCc1ccc(-c2noc([C@H]3CCC[C@H](N)C3)n2)cc1.Cl. The van der Waals surface area contributed by atoms with E-state index in [0.717, 1.165) is 43.6 Å². The lowest BCUT2D eigenvalue weighted by atomic mass is 9.86. The van der Waals surface area contributed by atoms with Gasteiger partial charge in [0.1, 0.15) is 0 Å². The maximum Gasteiger partial charge on any atom is 0.230 e. The number of nitrogens with zero attached hydrogens (tertiary/aromatic N) is 2. The third-order valence-corrected chi connectivity index (χ3v) is 6.04. The van der Waals surface area contributed by atoms with Gasteiger partial charge in [0.25, 0.3) is 0 Å². The van der Waals surface area contributed by atoms with Gasteiger partial charge in [-0.2, -0.15) is 4.98 Å². The molecular weight excluding hydrogens is 382 g/mol. The Morgan fingerprint density at radius 2 is 1.66 bits per heavy atom. The molecule has 1 heterocycles. The highest BCUT2D eigenvalue weighted by molar-refractivity contribution is 5.85. The van der Waals surface area contributed by atoms with Crippen LogP contribution in [0.15, 0.2) is 28.8 Å². The summed E-state index contributed by atoms with van der Waals surface area (Å²) in [6, 6.07) is 8.94. The molecule has 1 aromatic carbocycles. The highest BCUT2D eigenvalue weighted by atomic mass is 35.5. The average molecular weight is 420 g/mol.